The Balaban J connectivity index is 2.47. The summed E-state index contributed by atoms with van der Waals surface area (Å²) >= 11 is 0. The molecule has 0 spiro atoms. The first kappa shape index (κ1) is 10.5. The molecule has 1 aliphatic heterocycles. The number of primary amides is 1. The highest BCUT2D eigenvalue weighted by molar-refractivity contribution is 6.14. The predicted octanol–water partition coefficient (Wildman–Crippen LogP) is 0.570. The summed E-state index contributed by atoms with van der Waals surface area (Å²) in [6.07, 6.45) is 0. The van der Waals surface area contributed by atoms with E-state index < -0.39 is 17.4 Å². The van der Waals surface area contributed by atoms with Gasteiger partial charge in [0.25, 0.3) is 17.4 Å². The van der Waals surface area contributed by atoms with Crippen LogP contribution in [0.25, 0.3) is 0 Å². The molecule has 0 bridgehead atoms. The number of fused-ring (bicyclic) bond motifs is 1. The first-order valence-electron chi connectivity index (χ1n) is 4.84. The fraction of sp³-hybridized carbons (Fsp3) is 0.273. The number of anilines is 1. The highest BCUT2D eigenvalue weighted by Crippen LogP contribution is 2.33. The number of carbonyl (C=O) groups is 2. The lowest BCUT2D eigenvalue weighted by atomic mass is 10.0. The van der Waals surface area contributed by atoms with Crippen LogP contribution in [0, 0.1) is 6.92 Å². The second-order valence-corrected chi connectivity index (χ2v) is 3.95. The quantitative estimate of drug-likeness (QED) is 0.679. The zero-order valence-electron chi connectivity index (χ0n) is 9.03. The first-order chi connectivity index (χ1) is 7.43. The molecule has 0 aliphatic carbocycles. The number of nitrogens with two attached hydrogens (primary N) is 1. The Labute approximate surface area is 92.6 Å². The van der Waals surface area contributed by atoms with Crippen LogP contribution in [0.3, 0.4) is 0 Å². The zero-order valence-corrected chi connectivity index (χ0v) is 9.03. The minimum atomic E-state index is -1.64. The van der Waals surface area contributed by atoms with E-state index in [1.807, 2.05) is 13.0 Å². The molecule has 0 radical (unpaired) electrons. The van der Waals surface area contributed by atoms with Crippen LogP contribution in [0.4, 0.5) is 5.69 Å². The Morgan fingerprint density at radius 1 is 1.50 bits per heavy atom. The Morgan fingerprint density at radius 3 is 2.81 bits per heavy atom. The van der Waals surface area contributed by atoms with Crippen LogP contribution >= 0.6 is 0 Å². The van der Waals surface area contributed by atoms with Gasteiger partial charge >= 0.3 is 0 Å². The van der Waals surface area contributed by atoms with E-state index in [0.29, 0.717) is 11.4 Å². The van der Waals surface area contributed by atoms with E-state index in [1.54, 1.807) is 12.1 Å². The summed E-state index contributed by atoms with van der Waals surface area (Å²) in [7, 11) is 0. The molecule has 1 aromatic carbocycles. The maximum absolute atomic E-state index is 11.7. The summed E-state index contributed by atoms with van der Waals surface area (Å²) in [5.74, 6) is -0.902. The Hall–Kier alpha value is -2.04. The van der Waals surface area contributed by atoms with Crippen molar-refractivity contribution in [1.82, 2.24) is 0 Å². The van der Waals surface area contributed by atoms with Crippen molar-refractivity contribution in [2.75, 3.05) is 5.32 Å². The van der Waals surface area contributed by atoms with Crippen LogP contribution in [0.1, 0.15) is 12.5 Å². The van der Waals surface area contributed by atoms with Gasteiger partial charge in [-0.25, -0.2) is 0 Å². The zero-order chi connectivity index (χ0) is 11.9. The molecule has 5 heteroatoms. The van der Waals surface area contributed by atoms with Crippen LogP contribution in [0.15, 0.2) is 18.2 Å². The Bertz CT molecular complexity index is 484. The molecular weight excluding hydrogens is 208 g/mol. The summed E-state index contributed by atoms with van der Waals surface area (Å²) in [6, 6.07) is 5.30. The van der Waals surface area contributed by atoms with E-state index in [1.165, 1.54) is 6.92 Å². The number of benzene rings is 1. The van der Waals surface area contributed by atoms with E-state index in [0.717, 1.165) is 5.56 Å². The fourth-order valence-corrected chi connectivity index (χ4v) is 1.50. The second kappa shape index (κ2) is 3.23. The molecule has 3 N–H and O–H groups in total. The molecule has 1 heterocycles. The molecule has 0 aromatic heterocycles. The molecule has 2 amide bonds. The summed E-state index contributed by atoms with van der Waals surface area (Å²) in [4.78, 5) is 22.9. The third-order valence-corrected chi connectivity index (χ3v) is 2.60. The van der Waals surface area contributed by atoms with Gasteiger partial charge < -0.3 is 15.8 Å². The summed E-state index contributed by atoms with van der Waals surface area (Å²) in [5, 5.41) is 2.61. The van der Waals surface area contributed by atoms with E-state index in [-0.39, 0.29) is 0 Å². The summed E-state index contributed by atoms with van der Waals surface area (Å²) in [5.41, 5.74) is 5.07. The van der Waals surface area contributed by atoms with Crippen molar-refractivity contribution < 1.29 is 14.3 Å². The molecular formula is C11H12N2O3. The third-order valence-electron chi connectivity index (χ3n) is 2.60. The van der Waals surface area contributed by atoms with Gasteiger partial charge in [-0.15, -0.1) is 0 Å². The summed E-state index contributed by atoms with van der Waals surface area (Å²) in [6.45, 7) is 3.25. The van der Waals surface area contributed by atoms with Gasteiger partial charge in [-0.1, -0.05) is 6.07 Å². The molecule has 1 unspecified atom stereocenters. The van der Waals surface area contributed by atoms with Gasteiger partial charge in [0.05, 0.1) is 5.69 Å². The number of aryl methyl sites for hydroxylation is 1. The highest BCUT2D eigenvalue weighted by atomic mass is 16.5. The maximum atomic E-state index is 11.7. The largest absolute Gasteiger partial charge is 0.466 e. The van der Waals surface area contributed by atoms with Crippen LogP contribution < -0.4 is 15.8 Å². The number of carbonyl (C=O) groups excluding carboxylic acids is 2. The number of nitrogens with one attached hydrogen (secondary N) is 1. The molecule has 1 aromatic rings. The van der Waals surface area contributed by atoms with Crippen molar-refractivity contribution in [2.45, 2.75) is 19.4 Å². The third kappa shape index (κ3) is 1.41. The average Bonchev–Trinajstić information content (AvgIpc) is 2.20. The van der Waals surface area contributed by atoms with E-state index in [2.05, 4.69) is 5.32 Å². The predicted molar refractivity (Wildman–Crippen MR) is 58.0 cm³/mol. The Kier molecular flexibility index (Phi) is 2.11. The van der Waals surface area contributed by atoms with Gasteiger partial charge in [0, 0.05) is 0 Å². The topological polar surface area (TPSA) is 81.4 Å². The maximum Gasteiger partial charge on any atom is 0.278 e. The molecule has 0 saturated heterocycles. The average molecular weight is 220 g/mol. The van der Waals surface area contributed by atoms with E-state index >= 15 is 0 Å². The molecule has 0 saturated carbocycles. The normalized spacial score (nSPS) is 23.0. The molecule has 0 fully saturated rings. The van der Waals surface area contributed by atoms with Crippen molar-refractivity contribution in [2.24, 2.45) is 5.73 Å². The standard InChI is InChI=1S/C11H12N2O3/c1-6-3-4-8-7(5-6)13-10(15)11(2,16-8)9(12)14/h3-5H,1-2H3,(H2,12,14)(H,13,15). The van der Waals surface area contributed by atoms with E-state index in [4.69, 9.17) is 10.5 Å². The highest BCUT2D eigenvalue weighted by Gasteiger charge is 2.45. The molecule has 1 aliphatic rings. The lowest BCUT2D eigenvalue weighted by Crippen LogP contribution is -2.57. The van der Waals surface area contributed by atoms with Crippen LogP contribution in [-0.4, -0.2) is 17.4 Å². The number of rotatable bonds is 1. The van der Waals surface area contributed by atoms with E-state index in [9.17, 15) is 9.59 Å². The van der Waals surface area contributed by atoms with Crippen molar-refractivity contribution >= 4 is 17.5 Å². The van der Waals surface area contributed by atoms with Gasteiger partial charge in [0.1, 0.15) is 5.75 Å². The fourth-order valence-electron chi connectivity index (χ4n) is 1.50. The van der Waals surface area contributed by atoms with Crippen LogP contribution in [0.2, 0.25) is 0 Å². The smallest absolute Gasteiger partial charge is 0.278 e. The lowest BCUT2D eigenvalue weighted by Gasteiger charge is -2.31. The number of amides is 2. The van der Waals surface area contributed by atoms with Gasteiger partial charge in [0.15, 0.2) is 0 Å². The van der Waals surface area contributed by atoms with Crippen molar-refractivity contribution in [1.29, 1.82) is 0 Å². The monoisotopic (exact) mass is 220 g/mol. The minimum absolute atomic E-state index is 0.450. The molecule has 84 valence electrons. The molecule has 1 atom stereocenters. The summed E-state index contributed by atoms with van der Waals surface area (Å²) < 4.78 is 5.36. The van der Waals surface area contributed by atoms with Crippen molar-refractivity contribution in [3.63, 3.8) is 0 Å². The number of ether oxygens (including phenoxy) is 1. The minimum Gasteiger partial charge on any atom is -0.466 e. The van der Waals surface area contributed by atoms with Gasteiger partial charge in [-0.2, -0.15) is 0 Å². The van der Waals surface area contributed by atoms with Gasteiger partial charge in [0.2, 0.25) is 0 Å². The van der Waals surface area contributed by atoms with Crippen molar-refractivity contribution in [3.05, 3.63) is 23.8 Å². The van der Waals surface area contributed by atoms with Gasteiger partial charge in [-0.05, 0) is 31.5 Å². The molecule has 2 rings (SSSR count). The van der Waals surface area contributed by atoms with Crippen LogP contribution in [0.5, 0.6) is 5.75 Å². The number of hydrogen-bond donors (Lipinski definition) is 2. The second-order valence-electron chi connectivity index (χ2n) is 3.95. The lowest BCUT2D eigenvalue weighted by molar-refractivity contribution is -0.144. The van der Waals surface area contributed by atoms with Crippen molar-refractivity contribution in [3.8, 4) is 5.75 Å². The SMILES string of the molecule is Cc1ccc2c(c1)NC(=O)C(C)(C(N)=O)O2. The number of hydrogen-bond acceptors (Lipinski definition) is 3. The molecule has 16 heavy (non-hydrogen) atoms. The Morgan fingerprint density at radius 2 is 2.19 bits per heavy atom. The van der Waals surface area contributed by atoms with Gasteiger partial charge in [-0.3, -0.25) is 9.59 Å². The molecule has 5 nitrogen and oxygen atoms in total. The van der Waals surface area contributed by atoms with Crippen LogP contribution in [-0.2, 0) is 9.59 Å². The first-order valence-corrected chi connectivity index (χ1v) is 4.84.